The molecule has 2 aliphatic rings. The minimum atomic E-state index is -0.128. The van der Waals surface area contributed by atoms with Crippen molar-refractivity contribution in [3.05, 3.63) is 0 Å². The zero-order chi connectivity index (χ0) is 11.6. The van der Waals surface area contributed by atoms with Crippen LogP contribution in [-0.2, 0) is 4.79 Å². The van der Waals surface area contributed by atoms with Gasteiger partial charge in [-0.05, 0) is 51.1 Å². The molecule has 0 aromatic carbocycles. The highest BCUT2D eigenvalue weighted by Crippen LogP contribution is 2.30. The number of nitrogens with one attached hydrogen (secondary N) is 2. The third-order valence-corrected chi connectivity index (χ3v) is 4.29. The second-order valence-corrected chi connectivity index (χ2v) is 5.90. The van der Waals surface area contributed by atoms with Crippen LogP contribution in [0, 0.1) is 11.3 Å². The molecule has 3 heteroatoms. The van der Waals surface area contributed by atoms with Crippen LogP contribution in [0.25, 0.3) is 0 Å². The summed E-state index contributed by atoms with van der Waals surface area (Å²) >= 11 is 0. The number of hydrogen-bond acceptors (Lipinski definition) is 2. The van der Waals surface area contributed by atoms with Crippen molar-refractivity contribution in [2.24, 2.45) is 11.3 Å². The number of hydrogen-bond donors (Lipinski definition) is 2. The van der Waals surface area contributed by atoms with E-state index in [1.807, 2.05) is 0 Å². The van der Waals surface area contributed by atoms with Crippen molar-refractivity contribution in [2.45, 2.75) is 52.0 Å². The zero-order valence-corrected chi connectivity index (χ0v) is 10.5. The predicted octanol–water partition coefficient (Wildman–Crippen LogP) is 1.68. The second-order valence-electron chi connectivity index (χ2n) is 5.90. The van der Waals surface area contributed by atoms with Gasteiger partial charge in [0.05, 0.1) is 0 Å². The lowest BCUT2D eigenvalue weighted by Crippen LogP contribution is -2.48. The Morgan fingerprint density at radius 2 is 2.00 bits per heavy atom. The summed E-state index contributed by atoms with van der Waals surface area (Å²) in [4.78, 5) is 12.2. The van der Waals surface area contributed by atoms with E-state index in [1.54, 1.807) is 0 Å². The standard InChI is InChI=1S/C13H24N2O/c1-10-3-4-11(9-10)15-12(16)13(2)5-7-14-8-6-13/h10-11,14H,3-9H2,1-2H3,(H,15,16). The van der Waals surface area contributed by atoms with E-state index in [4.69, 9.17) is 0 Å². The first-order valence-electron chi connectivity index (χ1n) is 6.62. The Kier molecular flexibility index (Phi) is 3.53. The first-order chi connectivity index (χ1) is 7.60. The lowest BCUT2D eigenvalue weighted by atomic mass is 9.80. The van der Waals surface area contributed by atoms with E-state index in [0.717, 1.165) is 31.8 Å². The minimum absolute atomic E-state index is 0.128. The van der Waals surface area contributed by atoms with Crippen molar-refractivity contribution < 1.29 is 4.79 Å². The number of carbonyl (C=O) groups is 1. The Balaban J connectivity index is 1.86. The van der Waals surface area contributed by atoms with Crippen molar-refractivity contribution in [3.63, 3.8) is 0 Å². The molecule has 0 aromatic rings. The highest BCUT2D eigenvalue weighted by molar-refractivity contribution is 5.82. The number of carbonyl (C=O) groups excluding carboxylic acids is 1. The summed E-state index contributed by atoms with van der Waals surface area (Å²) in [6, 6.07) is 0.439. The number of rotatable bonds is 2. The fourth-order valence-electron chi connectivity index (χ4n) is 2.90. The Labute approximate surface area is 98.4 Å². The summed E-state index contributed by atoms with van der Waals surface area (Å²) in [5, 5.41) is 6.57. The molecule has 3 nitrogen and oxygen atoms in total. The topological polar surface area (TPSA) is 41.1 Å². The van der Waals surface area contributed by atoms with Crippen molar-refractivity contribution in [1.82, 2.24) is 10.6 Å². The van der Waals surface area contributed by atoms with Gasteiger partial charge in [-0.25, -0.2) is 0 Å². The molecule has 1 aliphatic heterocycles. The zero-order valence-electron chi connectivity index (χ0n) is 10.5. The third-order valence-electron chi connectivity index (χ3n) is 4.29. The van der Waals surface area contributed by atoms with Crippen LogP contribution in [-0.4, -0.2) is 25.0 Å². The Bertz CT molecular complexity index is 259. The van der Waals surface area contributed by atoms with Gasteiger partial charge in [0.15, 0.2) is 0 Å². The molecule has 1 aliphatic carbocycles. The third kappa shape index (κ3) is 2.57. The van der Waals surface area contributed by atoms with E-state index < -0.39 is 0 Å². The maximum Gasteiger partial charge on any atom is 0.226 e. The van der Waals surface area contributed by atoms with Crippen molar-refractivity contribution in [2.75, 3.05) is 13.1 Å². The molecule has 0 radical (unpaired) electrons. The quantitative estimate of drug-likeness (QED) is 0.749. The maximum atomic E-state index is 12.2. The van der Waals surface area contributed by atoms with Crippen LogP contribution in [0.15, 0.2) is 0 Å². The number of amides is 1. The van der Waals surface area contributed by atoms with E-state index in [0.29, 0.717) is 6.04 Å². The molecule has 2 atom stereocenters. The minimum Gasteiger partial charge on any atom is -0.353 e. The normalized spacial score (nSPS) is 33.6. The maximum absolute atomic E-state index is 12.2. The van der Waals surface area contributed by atoms with Crippen molar-refractivity contribution in [3.8, 4) is 0 Å². The fraction of sp³-hybridized carbons (Fsp3) is 0.923. The molecule has 1 heterocycles. The predicted molar refractivity (Wildman–Crippen MR) is 65.2 cm³/mol. The molecule has 2 rings (SSSR count). The molecule has 92 valence electrons. The SMILES string of the molecule is CC1CCC(NC(=O)C2(C)CCNCC2)C1. The van der Waals surface area contributed by atoms with Crippen LogP contribution in [0.2, 0.25) is 0 Å². The monoisotopic (exact) mass is 224 g/mol. The van der Waals surface area contributed by atoms with Crippen LogP contribution in [0.5, 0.6) is 0 Å². The van der Waals surface area contributed by atoms with E-state index in [1.165, 1.54) is 19.3 Å². The first-order valence-corrected chi connectivity index (χ1v) is 6.62. The van der Waals surface area contributed by atoms with Crippen LogP contribution in [0.3, 0.4) is 0 Å². The molecular weight excluding hydrogens is 200 g/mol. The molecule has 0 bridgehead atoms. The summed E-state index contributed by atoms with van der Waals surface area (Å²) in [6.07, 6.45) is 5.55. The van der Waals surface area contributed by atoms with Gasteiger partial charge in [0.2, 0.25) is 5.91 Å². The van der Waals surface area contributed by atoms with Crippen molar-refractivity contribution in [1.29, 1.82) is 0 Å². The van der Waals surface area contributed by atoms with Gasteiger partial charge in [-0.1, -0.05) is 13.8 Å². The highest BCUT2D eigenvalue weighted by Gasteiger charge is 2.36. The first kappa shape index (κ1) is 11.9. The van der Waals surface area contributed by atoms with Crippen molar-refractivity contribution >= 4 is 5.91 Å². The molecular formula is C13H24N2O. The molecule has 1 saturated carbocycles. The largest absolute Gasteiger partial charge is 0.353 e. The van der Waals surface area contributed by atoms with E-state index in [2.05, 4.69) is 24.5 Å². The van der Waals surface area contributed by atoms with Crippen LogP contribution < -0.4 is 10.6 Å². The molecule has 0 spiro atoms. The molecule has 16 heavy (non-hydrogen) atoms. The average molecular weight is 224 g/mol. The molecule has 2 fully saturated rings. The summed E-state index contributed by atoms with van der Waals surface area (Å²) in [6.45, 7) is 6.34. The Hall–Kier alpha value is -0.570. The van der Waals surface area contributed by atoms with Gasteiger partial charge in [0.25, 0.3) is 0 Å². The Morgan fingerprint density at radius 1 is 1.31 bits per heavy atom. The molecule has 0 aromatic heterocycles. The van der Waals surface area contributed by atoms with Crippen LogP contribution in [0.1, 0.15) is 46.0 Å². The molecule has 2 unspecified atom stereocenters. The van der Waals surface area contributed by atoms with Crippen LogP contribution in [0.4, 0.5) is 0 Å². The van der Waals surface area contributed by atoms with E-state index >= 15 is 0 Å². The lowest BCUT2D eigenvalue weighted by Gasteiger charge is -2.33. The highest BCUT2D eigenvalue weighted by atomic mass is 16.2. The van der Waals surface area contributed by atoms with Gasteiger partial charge in [-0.15, -0.1) is 0 Å². The lowest BCUT2D eigenvalue weighted by molar-refractivity contribution is -0.132. The smallest absolute Gasteiger partial charge is 0.226 e. The fourth-order valence-corrected chi connectivity index (χ4v) is 2.90. The molecule has 1 amide bonds. The summed E-state index contributed by atoms with van der Waals surface area (Å²) in [5.74, 6) is 1.07. The summed E-state index contributed by atoms with van der Waals surface area (Å²) in [7, 11) is 0. The van der Waals surface area contributed by atoms with E-state index in [-0.39, 0.29) is 11.3 Å². The molecule has 1 saturated heterocycles. The summed E-state index contributed by atoms with van der Waals surface area (Å²) < 4.78 is 0. The van der Waals surface area contributed by atoms with Gasteiger partial charge < -0.3 is 10.6 Å². The van der Waals surface area contributed by atoms with Gasteiger partial charge >= 0.3 is 0 Å². The van der Waals surface area contributed by atoms with Gasteiger partial charge in [0.1, 0.15) is 0 Å². The summed E-state index contributed by atoms with van der Waals surface area (Å²) in [5.41, 5.74) is -0.128. The van der Waals surface area contributed by atoms with E-state index in [9.17, 15) is 4.79 Å². The Morgan fingerprint density at radius 3 is 2.56 bits per heavy atom. The number of piperidine rings is 1. The average Bonchev–Trinajstić information content (AvgIpc) is 2.65. The van der Waals surface area contributed by atoms with Gasteiger partial charge in [-0.2, -0.15) is 0 Å². The second kappa shape index (κ2) is 4.74. The van der Waals surface area contributed by atoms with Crippen LogP contribution >= 0.6 is 0 Å². The van der Waals surface area contributed by atoms with Gasteiger partial charge in [-0.3, -0.25) is 4.79 Å². The molecule has 2 N–H and O–H groups in total. The van der Waals surface area contributed by atoms with Gasteiger partial charge in [0, 0.05) is 11.5 Å².